The number of benzene rings is 1. The first-order valence-corrected chi connectivity index (χ1v) is 7.88. The largest absolute Gasteiger partial charge is 0.330 e. The fourth-order valence-corrected chi connectivity index (χ4v) is 3.43. The lowest BCUT2D eigenvalue weighted by Gasteiger charge is -2.34. The second-order valence-corrected chi connectivity index (χ2v) is 7.09. The summed E-state index contributed by atoms with van der Waals surface area (Å²) in [7, 11) is 0. The van der Waals surface area contributed by atoms with E-state index < -0.39 is 0 Å². The van der Waals surface area contributed by atoms with Gasteiger partial charge in [0.15, 0.2) is 0 Å². The molecule has 106 valence electrons. The number of rotatable bonds is 4. The molecule has 0 aliphatic heterocycles. The van der Waals surface area contributed by atoms with Crippen molar-refractivity contribution in [2.24, 2.45) is 11.1 Å². The van der Waals surface area contributed by atoms with E-state index in [4.69, 9.17) is 17.3 Å². The molecule has 2 rings (SSSR count). The summed E-state index contributed by atoms with van der Waals surface area (Å²) in [5, 5.41) is 0.958. The molecule has 0 aromatic heterocycles. The van der Waals surface area contributed by atoms with Crippen LogP contribution in [0.4, 0.5) is 0 Å². The Kier molecular flexibility index (Phi) is 4.92. The van der Waals surface area contributed by atoms with E-state index in [9.17, 15) is 0 Å². The van der Waals surface area contributed by atoms with Crippen molar-refractivity contribution in [3.05, 3.63) is 34.3 Å². The second-order valence-electron chi connectivity index (χ2n) is 6.69. The van der Waals surface area contributed by atoms with Crippen LogP contribution in [0.1, 0.15) is 63.0 Å². The van der Waals surface area contributed by atoms with Crippen LogP contribution in [0.25, 0.3) is 0 Å². The lowest BCUT2D eigenvalue weighted by Crippen LogP contribution is -2.20. The van der Waals surface area contributed by atoms with Gasteiger partial charge in [-0.25, -0.2) is 0 Å². The SMILES string of the molecule is CC1(C)CCC(c2ccc(CCCN)cc2Cl)CC1. The zero-order valence-electron chi connectivity index (χ0n) is 12.2. The molecule has 1 aromatic carbocycles. The Morgan fingerprint density at radius 1 is 1.26 bits per heavy atom. The highest BCUT2D eigenvalue weighted by Gasteiger charge is 2.28. The maximum absolute atomic E-state index is 6.48. The van der Waals surface area contributed by atoms with Crippen molar-refractivity contribution in [2.75, 3.05) is 6.54 Å². The fraction of sp³-hybridized carbons (Fsp3) is 0.647. The molecular weight excluding hydrogens is 254 g/mol. The molecule has 1 fully saturated rings. The van der Waals surface area contributed by atoms with Gasteiger partial charge in [0, 0.05) is 5.02 Å². The molecule has 1 aliphatic rings. The highest BCUT2D eigenvalue weighted by Crippen LogP contribution is 2.44. The van der Waals surface area contributed by atoms with Gasteiger partial charge in [-0.05, 0) is 73.6 Å². The summed E-state index contributed by atoms with van der Waals surface area (Å²) < 4.78 is 0. The molecule has 0 radical (unpaired) electrons. The van der Waals surface area contributed by atoms with Crippen LogP contribution in [0.15, 0.2) is 18.2 Å². The second kappa shape index (κ2) is 6.28. The van der Waals surface area contributed by atoms with Crippen LogP contribution in [0.2, 0.25) is 5.02 Å². The van der Waals surface area contributed by atoms with Gasteiger partial charge in [-0.2, -0.15) is 0 Å². The third kappa shape index (κ3) is 3.97. The quantitative estimate of drug-likeness (QED) is 0.832. The zero-order valence-corrected chi connectivity index (χ0v) is 13.0. The van der Waals surface area contributed by atoms with Gasteiger partial charge in [-0.3, -0.25) is 0 Å². The Hall–Kier alpha value is -0.530. The highest BCUT2D eigenvalue weighted by molar-refractivity contribution is 6.31. The molecule has 0 bridgehead atoms. The third-order valence-corrected chi connectivity index (χ3v) is 4.84. The third-order valence-electron chi connectivity index (χ3n) is 4.51. The predicted octanol–water partition coefficient (Wildman–Crippen LogP) is 4.92. The summed E-state index contributed by atoms with van der Waals surface area (Å²) in [6.07, 6.45) is 7.23. The Morgan fingerprint density at radius 2 is 1.95 bits per heavy atom. The molecule has 0 saturated heterocycles. The topological polar surface area (TPSA) is 26.0 Å². The van der Waals surface area contributed by atoms with Crippen LogP contribution in [0, 0.1) is 5.41 Å². The first-order chi connectivity index (χ1) is 9.02. The average molecular weight is 280 g/mol. The Morgan fingerprint density at radius 3 is 2.53 bits per heavy atom. The first-order valence-electron chi connectivity index (χ1n) is 7.50. The van der Waals surface area contributed by atoms with E-state index in [0.717, 1.165) is 24.4 Å². The Bertz CT molecular complexity index is 415. The number of halogens is 1. The van der Waals surface area contributed by atoms with Gasteiger partial charge in [0.1, 0.15) is 0 Å². The van der Waals surface area contributed by atoms with Crippen molar-refractivity contribution < 1.29 is 0 Å². The van der Waals surface area contributed by atoms with E-state index in [1.54, 1.807) is 0 Å². The van der Waals surface area contributed by atoms with Gasteiger partial charge in [0.25, 0.3) is 0 Å². The lowest BCUT2D eigenvalue weighted by atomic mass is 9.71. The minimum Gasteiger partial charge on any atom is -0.330 e. The summed E-state index contributed by atoms with van der Waals surface area (Å²) >= 11 is 6.48. The summed E-state index contributed by atoms with van der Waals surface area (Å²) in [5.74, 6) is 0.657. The molecule has 0 atom stereocenters. The van der Waals surface area contributed by atoms with Gasteiger partial charge < -0.3 is 5.73 Å². The van der Waals surface area contributed by atoms with Gasteiger partial charge in [0.05, 0.1) is 0 Å². The van der Waals surface area contributed by atoms with Crippen LogP contribution in [-0.4, -0.2) is 6.54 Å². The standard InChI is InChI=1S/C17H26ClN/c1-17(2)9-7-14(8-10-17)15-6-5-13(4-3-11-19)12-16(15)18/h5-6,12,14H,3-4,7-11,19H2,1-2H3. The number of hydrogen-bond acceptors (Lipinski definition) is 1. The highest BCUT2D eigenvalue weighted by atomic mass is 35.5. The Labute approximate surface area is 122 Å². The number of aryl methyl sites for hydroxylation is 1. The molecule has 1 aliphatic carbocycles. The van der Waals surface area contributed by atoms with Crippen LogP contribution < -0.4 is 5.73 Å². The van der Waals surface area contributed by atoms with E-state index in [1.165, 1.54) is 36.8 Å². The van der Waals surface area contributed by atoms with Crippen molar-refractivity contribution in [3.8, 4) is 0 Å². The maximum atomic E-state index is 6.48. The average Bonchev–Trinajstić information content (AvgIpc) is 2.37. The minimum atomic E-state index is 0.518. The summed E-state index contributed by atoms with van der Waals surface area (Å²) in [6, 6.07) is 6.63. The van der Waals surface area contributed by atoms with Crippen molar-refractivity contribution >= 4 is 11.6 Å². The van der Waals surface area contributed by atoms with Crippen LogP contribution >= 0.6 is 11.6 Å². The van der Waals surface area contributed by atoms with E-state index in [1.807, 2.05) is 0 Å². The molecule has 2 N–H and O–H groups in total. The van der Waals surface area contributed by atoms with Crippen molar-refractivity contribution in [3.63, 3.8) is 0 Å². The van der Waals surface area contributed by atoms with Gasteiger partial charge >= 0.3 is 0 Å². The van der Waals surface area contributed by atoms with Crippen molar-refractivity contribution in [1.29, 1.82) is 0 Å². The molecule has 19 heavy (non-hydrogen) atoms. The molecule has 2 heteroatoms. The van der Waals surface area contributed by atoms with Crippen LogP contribution in [-0.2, 0) is 6.42 Å². The maximum Gasteiger partial charge on any atom is 0.0443 e. The molecular formula is C17H26ClN. The molecule has 0 amide bonds. The lowest BCUT2D eigenvalue weighted by molar-refractivity contribution is 0.224. The monoisotopic (exact) mass is 279 g/mol. The normalized spacial score (nSPS) is 19.6. The van der Waals surface area contributed by atoms with E-state index in [-0.39, 0.29) is 0 Å². The number of hydrogen-bond donors (Lipinski definition) is 1. The van der Waals surface area contributed by atoms with Gasteiger partial charge in [-0.1, -0.05) is 37.6 Å². The minimum absolute atomic E-state index is 0.518. The molecule has 1 aromatic rings. The first kappa shape index (κ1) is 14.9. The van der Waals surface area contributed by atoms with E-state index >= 15 is 0 Å². The van der Waals surface area contributed by atoms with Gasteiger partial charge in [0.2, 0.25) is 0 Å². The van der Waals surface area contributed by atoms with E-state index in [2.05, 4.69) is 32.0 Å². The summed E-state index contributed by atoms with van der Waals surface area (Å²) in [6.45, 7) is 5.50. The molecule has 1 saturated carbocycles. The van der Waals surface area contributed by atoms with E-state index in [0.29, 0.717) is 11.3 Å². The molecule has 0 spiro atoms. The van der Waals surface area contributed by atoms with Crippen molar-refractivity contribution in [1.82, 2.24) is 0 Å². The predicted molar refractivity (Wildman–Crippen MR) is 83.8 cm³/mol. The summed E-state index contributed by atoms with van der Waals surface area (Å²) in [5.41, 5.74) is 8.74. The number of nitrogens with two attached hydrogens (primary N) is 1. The molecule has 0 heterocycles. The Balaban J connectivity index is 2.05. The van der Waals surface area contributed by atoms with Gasteiger partial charge in [-0.15, -0.1) is 0 Å². The zero-order chi connectivity index (χ0) is 13.9. The van der Waals surface area contributed by atoms with Crippen LogP contribution in [0.5, 0.6) is 0 Å². The van der Waals surface area contributed by atoms with Crippen LogP contribution in [0.3, 0.4) is 0 Å². The summed E-state index contributed by atoms with van der Waals surface area (Å²) in [4.78, 5) is 0. The molecule has 0 unspecified atom stereocenters. The van der Waals surface area contributed by atoms with Crippen molar-refractivity contribution in [2.45, 2.75) is 58.3 Å². The molecule has 1 nitrogen and oxygen atoms in total. The fourth-order valence-electron chi connectivity index (χ4n) is 3.07. The smallest absolute Gasteiger partial charge is 0.0443 e.